The average molecular weight is 240 g/mol. The van der Waals surface area contributed by atoms with Gasteiger partial charge in [0.1, 0.15) is 6.10 Å². The van der Waals surface area contributed by atoms with Gasteiger partial charge in [0, 0.05) is 0 Å². The summed E-state index contributed by atoms with van der Waals surface area (Å²) in [4.78, 5) is 0. The minimum absolute atomic E-state index is 0.532. The van der Waals surface area contributed by atoms with Gasteiger partial charge in [-0.3, -0.25) is 0 Å². The first-order valence-electron chi connectivity index (χ1n) is 6.46. The number of hydrogen-bond donors (Lipinski definition) is 1. The van der Waals surface area contributed by atoms with Gasteiger partial charge in [-0.05, 0) is 48.1 Å². The molecule has 2 aromatic rings. The van der Waals surface area contributed by atoms with Gasteiger partial charge in [-0.25, -0.2) is 0 Å². The molecular formula is C17H20O. The van der Waals surface area contributed by atoms with Crippen LogP contribution >= 0.6 is 0 Å². The van der Waals surface area contributed by atoms with E-state index in [4.69, 9.17) is 0 Å². The van der Waals surface area contributed by atoms with Crippen molar-refractivity contribution in [1.82, 2.24) is 0 Å². The molecule has 0 amide bonds. The molecule has 0 saturated carbocycles. The van der Waals surface area contributed by atoms with Gasteiger partial charge in [0.2, 0.25) is 0 Å². The highest BCUT2D eigenvalue weighted by Crippen LogP contribution is 2.24. The summed E-state index contributed by atoms with van der Waals surface area (Å²) in [5.74, 6) is 0. The molecule has 0 fully saturated rings. The van der Waals surface area contributed by atoms with Crippen molar-refractivity contribution in [1.29, 1.82) is 0 Å². The summed E-state index contributed by atoms with van der Waals surface area (Å²) >= 11 is 0. The molecule has 0 aromatic heterocycles. The van der Waals surface area contributed by atoms with Crippen molar-refractivity contribution in [2.45, 2.75) is 33.3 Å². The zero-order valence-electron chi connectivity index (χ0n) is 11.3. The largest absolute Gasteiger partial charge is 0.384 e. The van der Waals surface area contributed by atoms with Crippen molar-refractivity contribution in [3.63, 3.8) is 0 Å². The summed E-state index contributed by atoms with van der Waals surface area (Å²) in [6.07, 6.45) is 0.462. The van der Waals surface area contributed by atoms with E-state index in [1.165, 1.54) is 16.7 Å². The first-order chi connectivity index (χ1) is 8.61. The maximum absolute atomic E-state index is 10.4. The molecule has 1 unspecified atom stereocenters. The Bertz CT molecular complexity index is 543. The number of aryl methyl sites for hydroxylation is 3. The third-order valence-electron chi connectivity index (χ3n) is 3.52. The maximum atomic E-state index is 10.4. The lowest BCUT2D eigenvalue weighted by atomic mass is 9.96. The Morgan fingerprint density at radius 3 is 2.33 bits per heavy atom. The molecule has 1 N–H and O–H groups in total. The Labute approximate surface area is 109 Å². The van der Waals surface area contributed by atoms with Gasteiger partial charge in [0.15, 0.2) is 0 Å². The molecule has 0 aliphatic rings. The molecule has 2 aromatic carbocycles. The van der Waals surface area contributed by atoms with E-state index in [0.717, 1.165) is 17.5 Å². The van der Waals surface area contributed by atoms with Crippen LogP contribution in [0.1, 0.15) is 40.8 Å². The molecule has 1 heteroatoms. The molecule has 0 spiro atoms. The first kappa shape index (κ1) is 12.8. The van der Waals surface area contributed by atoms with Crippen LogP contribution in [0.4, 0.5) is 0 Å². The van der Waals surface area contributed by atoms with Gasteiger partial charge in [-0.15, -0.1) is 0 Å². The van der Waals surface area contributed by atoms with Crippen molar-refractivity contribution in [2.24, 2.45) is 0 Å². The maximum Gasteiger partial charge on any atom is 0.104 e. The molecule has 1 nitrogen and oxygen atoms in total. The summed E-state index contributed by atoms with van der Waals surface area (Å²) in [5.41, 5.74) is 5.67. The van der Waals surface area contributed by atoms with Crippen LogP contribution in [0, 0.1) is 13.8 Å². The van der Waals surface area contributed by atoms with Gasteiger partial charge in [0.25, 0.3) is 0 Å². The highest BCUT2D eigenvalue weighted by atomic mass is 16.3. The van der Waals surface area contributed by atoms with Gasteiger partial charge in [-0.1, -0.05) is 49.4 Å². The normalized spacial score (nSPS) is 12.4. The third-order valence-corrected chi connectivity index (χ3v) is 3.52. The Kier molecular flexibility index (Phi) is 3.83. The lowest BCUT2D eigenvalue weighted by Crippen LogP contribution is -2.01. The van der Waals surface area contributed by atoms with Crippen molar-refractivity contribution in [3.8, 4) is 0 Å². The molecule has 18 heavy (non-hydrogen) atoms. The van der Waals surface area contributed by atoms with E-state index >= 15 is 0 Å². The fraction of sp³-hybridized carbons (Fsp3) is 0.294. The molecule has 0 aliphatic heterocycles. The van der Waals surface area contributed by atoms with Crippen LogP contribution in [0.2, 0.25) is 0 Å². The molecule has 0 bridgehead atoms. The van der Waals surface area contributed by atoms with Crippen LogP contribution in [0.25, 0.3) is 0 Å². The highest BCUT2D eigenvalue weighted by Gasteiger charge is 2.11. The van der Waals surface area contributed by atoms with Gasteiger partial charge < -0.3 is 5.11 Å². The monoisotopic (exact) mass is 240 g/mol. The molecule has 1 atom stereocenters. The SMILES string of the molecule is CCc1cccc(C(O)c2ccc(C)c(C)c2)c1. The summed E-state index contributed by atoms with van der Waals surface area (Å²) in [7, 11) is 0. The second-order valence-corrected chi connectivity index (χ2v) is 4.84. The number of rotatable bonds is 3. The summed E-state index contributed by atoms with van der Waals surface area (Å²) in [5, 5.41) is 10.4. The third kappa shape index (κ3) is 2.62. The smallest absolute Gasteiger partial charge is 0.104 e. The van der Waals surface area contributed by atoms with Crippen LogP contribution in [0.15, 0.2) is 42.5 Å². The van der Waals surface area contributed by atoms with Crippen molar-refractivity contribution in [3.05, 3.63) is 70.3 Å². The molecule has 2 rings (SSSR count). The van der Waals surface area contributed by atoms with Gasteiger partial charge in [-0.2, -0.15) is 0 Å². The molecule has 0 heterocycles. The Hall–Kier alpha value is -1.60. The Morgan fingerprint density at radius 1 is 0.944 bits per heavy atom. The summed E-state index contributed by atoms with van der Waals surface area (Å²) in [6.45, 7) is 6.29. The van der Waals surface area contributed by atoms with Crippen LogP contribution in [-0.4, -0.2) is 5.11 Å². The summed E-state index contributed by atoms with van der Waals surface area (Å²) < 4.78 is 0. The minimum Gasteiger partial charge on any atom is -0.384 e. The van der Waals surface area contributed by atoms with Crippen LogP contribution < -0.4 is 0 Å². The van der Waals surface area contributed by atoms with Gasteiger partial charge >= 0.3 is 0 Å². The van der Waals surface area contributed by atoms with Gasteiger partial charge in [0.05, 0.1) is 0 Å². The summed E-state index contributed by atoms with van der Waals surface area (Å²) in [6, 6.07) is 14.3. The average Bonchev–Trinajstić information content (AvgIpc) is 2.41. The van der Waals surface area contributed by atoms with Crippen molar-refractivity contribution >= 4 is 0 Å². The number of aliphatic hydroxyl groups excluding tert-OH is 1. The zero-order chi connectivity index (χ0) is 13.1. The van der Waals surface area contributed by atoms with E-state index in [1.807, 2.05) is 18.2 Å². The Balaban J connectivity index is 2.34. The molecule has 0 radical (unpaired) electrons. The fourth-order valence-electron chi connectivity index (χ4n) is 2.11. The first-order valence-corrected chi connectivity index (χ1v) is 6.46. The van der Waals surface area contributed by atoms with Crippen LogP contribution in [0.3, 0.4) is 0 Å². The second-order valence-electron chi connectivity index (χ2n) is 4.84. The van der Waals surface area contributed by atoms with Crippen LogP contribution in [-0.2, 0) is 6.42 Å². The van der Waals surface area contributed by atoms with E-state index < -0.39 is 6.10 Å². The quantitative estimate of drug-likeness (QED) is 0.861. The molecule has 0 aliphatic carbocycles. The molecule has 94 valence electrons. The van der Waals surface area contributed by atoms with Crippen molar-refractivity contribution < 1.29 is 5.11 Å². The lowest BCUT2D eigenvalue weighted by Gasteiger charge is -2.14. The standard InChI is InChI=1S/C17H20O/c1-4-14-6-5-7-15(11-14)17(18)16-9-8-12(2)13(3)10-16/h5-11,17-18H,4H2,1-3H3. The minimum atomic E-state index is -0.532. The Morgan fingerprint density at radius 2 is 1.67 bits per heavy atom. The predicted molar refractivity (Wildman–Crippen MR) is 75.8 cm³/mol. The lowest BCUT2D eigenvalue weighted by molar-refractivity contribution is 0.220. The van der Waals surface area contributed by atoms with E-state index in [-0.39, 0.29) is 0 Å². The molecular weight excluding hydrogens is 220 g/mol. The zero-order valence-corrected chi connectivity index (χ0v) is 11.3. The van der Waals surface area contributed by atoms with Crippen LogP contribution in [0.5, 0.6) is 0 Å². The van der Waals surface area contributed by atoms with E-state index in [0.29, 0.717) is 0 Å². The number of hydrogen-bond acceptors (Lipinski definition) is 1. The molecule has 0 saturated heterocycles. The number of aliphatic hydroxyl groups is 1. The highest BCUT2D eigenvalue weighted by molar-refractivity contribution is 5.37. The van der Waals surface area contributed by atoms with E-state index in [1.54, 1.807) is 0 Å². The van der Waals surface area contributed by atoms with Crippen molar-refractivity contribution in [2.75, 3.05) is 0 Å². The van der Waals surface area contributed by atoms with E-state index in [9.17, 15) is 5.11 Å². The topological polar surface area (TPSA) is 20.2 Å². The number of benzene rings is 2. The fourth-order valence-corrected chi connectivity index (χ4v) is 2.11. The second kappa shape index (κ2) is 5.36. The predicted octanol–water partition coefficient (Wildman–Crippen LogP) is 3.95. The van der Waals surface area contributed by atoms with E-state index in [2.05, 4.69) is 45.0 Å².